The second kappa shape index (κ2) is 4.97. The number of rotatable bonds is 1. The Morgan fingerprint density at radius 2 is 1.74 bits per heavy atom. The van der Waals surface area contributed by atoms with E-state index in [9.17, 15) is 23.2 Å². The first-order valence-corrected chi connectivity index (χ1v) is 6.46. The maximum absolute atomic E-state index is 13.5. The van der Waals surface area contributed by atoms with E-state index in [0.717, 1.165) is 21.3 Å². The van der Waals surface area contributed by atoms with Crippen LogP contribution in [0, 0.1) is 11.6 Å². The third-order valence-corrected chi connectivity index (χ3v) is 3.53. The van der Waals surface area contributed by atoms with E-state index in [2.05, 4.69) is 9.97 Å². The fraction of sp³-hybridized carbons (Fsp3) is 0.143. The number of hydrogen-bond acceptors (Lipinski definition) is 4. The molecule has 9 heteroatoms. The van der Waals surface area contributed by atoms with Crippen LogP contribution < -0.4 is 16.9 Å². The summed E-state index contributed by atoms with van der Waals surface area (Å²) in [7, 11) is 2.62. The molecule has 0 amide bonds. The molecule has 23 heavy (non-hydrogen) atoms. The minimum Gasteiger partial charge on any atom is -0.304 e. The van der Waals surface area contributed by atoms with E-state index in [4.69, 9.17) is 0 Å². The Kier molecular flexibility index (Phi) is 3.20. The lowest BCUT2D eigenvalue weighted by Crippen LogP contribution is -2.38. The van der Waals surface area contributed by atoms with Crippen molar-refractivity contribution in [1.29, 1.82) is 0 Å². The highest BCUT2D eigenvalue weighted by Gasteiger charge is 2.17. The van der Waals surface area contributed by atoms with Gasteiger partial charge in [0.1, 0.15) is 5.39 Å². The summed E-state index contributed by atoms with van der Waals surface area (Å²) < 4.78 is 28.4. The highest BCUT2D eigenvalue weighted by molar-refractivity contribution is 5.89. The Hall–Kier alpha value is -3.10. The van der Waals surface area contributed by atoms with Gasteiger partial charge in [-0.05, 0) is 18.2 Å². The van der Waals surface area contributed by atoms with Crippen LogP contribution in [0.25, 0.3) is 22.3 Å². The molecule has 1 N–H and O–H groups in total. The van der Waals surface area contributed by atoms with Crippen molar-refractivity contribution < 1.29 is 8.78 Å². The van der Waals surface area contributed by atoms with Crippen molar-refractivity contribution in [3.63, 3.8) is 0 Å². The van der Waals surface area contributed by atoms with Gasteiger partial charge < -0.3 is 4.98 Å². The number of benzene rings is 1. The molecule has 0 spiro atoms. The number of aryl methyl sites for hydroxylation is 1. The third kappa shape index (κ3) is 2.17. The number of fused-ring (bicyclic) bond motifs is 1. The molecule has 0 aliphatic rings. The van der Waals surface area contributed by atoms with Gasteiger partial charge in [-0.3, -0.25) is 13.9 Å². The Bertz CT molecular complexity index is 1130. The minimum atomic E-state index is -1.13. The van der Waals surface area contributed by atoms with Crippen LogP contribution in [0.15, 0.2) is 32.6 Å². The number of aromatic amines is 1. The summed E-state index contributed by atoms with van der Waals surface area (Å²) in [6.07, 6.45) is 0. The van der Waals surface area contributed by atoms with E-state index in [1.165, 1.54) is 20.2 Å². The third-order valence-electron chi connectivity index (χ3n) is 3.53. The summed E-state index contributed by atoms with van der Waals surface area (Å²) in [5.41, 5.74) is -2.26. The molecule has 0 fully saturated rings. The molecule has 2 heterocycles. The van der Waals surface area contributed by atoms with Crippen molar-refractivity contribution in [2.75, 3.05) is 0 Å². The zero-order valence-electron chi connectivity index (χ0n) is 12.1. The average Bonchev–Trinajstić information content (AvgIpc) is 2.52. The smallest absolute Gasteiger partial charge is 0.304 e. The van der Waals surface area contributed by atoms with Gasteiger partial charge in [-0.2, -0.15) is 4.98 Å². The summed E-state index contributed by atoms with van der Waals surface area (Å²) in [6, 6.07) is 2.94. The maximum atomic E-state index is 13.5. The molecule has 0 saturated heterocycles. The van der Waals surface area contributed by atoms with Crippen LogP contribution in [-0.4, -0.2) is 19.1 Å². The topological polar surface area (TPSA) is 89.8 Å². The van der Waals surface area contributed by atoms with E-state index in [-0.39, 0.29) is 22.3 Å². The molecule has 3 aromatic rings. The number of nitrogens with one attached hydrogen (secondary N) is 1. The monoisotopic (exact) mass is 320 g/mol. The number of H-pyrrole nitrogens is 1. The van der Waals surface area contributed by atoms with Crippen molar-refractivity contribution in [2.24, 2.45) is 14.1 Å². The van der Waals surface area contributed by atoms with E-state index in [1.807, 2.05) is 0 Å². The van der Waals surface area contributed by atoms with Crippen molar-refractivity contribution in [2.45, 2.75) is 0 Å². The predicted octanol–water partition coefficient (Wildman–Crippen LogP) is 0.266. The fourth-order valence-electron chi connectivity index (χ4n) is 2.34. The minimum absolute atomic E-state index is 0.0323. The van der Waals surface area contributed by atoms with Gasteiger partial charge in [0, 0.05) is 19.7 Å². The van der Waals surface area contributed by atoms with Crippen molar-refractivity contribution in [1.82, 2.24) is 19.1 Å². The van der Waals surface area contributed by atoms with Crippen molar-refractivity contribution in [3.8, 4) is 11.3 Å². The lowest BCUT2D eigenvalue weighted by atomic mass is 10.1. The van der Waals surface area contributed by atoms with Crippen LogP contribution in [0.2, 0.25) is 0 Å². The SMILES string of the molecule is Cn1c(=O)c2c(-c3ccc(F)c(F)c3)[nH]c(=O)nc2n(C)c1=O. The number of aromatic nitrogens is 4. The molecule has 0 radical (unpaired) electrons. The molecule has 0 aliphatic carbocycles. The molecule has 0 saturated carbocycles. The molecule has 3 rings (SSSR count). The second-order valence-corrected chi connectivity index (χ2v) is 4.95. The molecule has 2 aromatic heterocycles. The summed E-state index contributed by atoms with van der Waals surface area (Å²) in [5, 5.41) is -0.0693. The fourth-order valence-corrected chi connectivity index (χ4v) is 2.34. The first kappa shape index (κ1) is 14.8. The van der Waals surface area contributed by atoms with Gasteiger partial charge in [-0.25, -0.2) is 18.4 Å². The van der Waals surface area contributed by atoms with Crippen molar-refractivity contribution in [3.05, 3.63) is 61.2 Å². The Morgan fingerprint density at radius 1 is 1.04 bits per heavy atom. The number of halogens is 2. The first-order valence-electron chi connectivity index (χ1n) is 6.46. The normalized spacial score (nSPS) is 11.1. The van der Waals surface area contributed by atoms with Gasteiger partial charge in [0.05, 0.1) is 5.69 Å². The zero-order chi connectivity index (χ0) is 16.9. The Labute approximate surface area is 126 Å². The van der Waals surface area contributed by atoms with Crippen LogP contribution in [0.5, 0.6) is 0 Å². The van der Waals surface area contributed by atoms with Gasteiger partial charge in [-0.1, -0.05) is 0 Å². The van der Waals surface area contributed by atoms with Crippen LogP contribution in [0.1, 0.15) is 0 Å². The molecule has 118 valence electrons. The predicted molar refractivity (Wildman–Crippen MR) is 78.2 cm³/mol. The van der Waals surface area contributed by atoms with E-state index >= 15 is 0 Å². The van der Waals surface area contributed by atoms with Gasteiger partial charge >= 0.3 is 11.4 Å². The molecule has 0 unspecified atom stereocenters. The molecule has 1 aromatic carbocycles. The van der Waals surface area contributed by atoms with Crippen LogP contribution in [0.3, 0.4) is 0 Å². The number of nitrogens with zero attached hydrogens (tertiary/aromatic N) is 3. The van der Waals surface area contributed by atoms with E-state index in [1.54, 1.807) is 0 Å². The molecule has 0 bridgehead atoms. The number of hydrogen-bond donors (Lipinski definition) is 1. The Balaban J connectivity index is 2.56. The van der Waals surface area contributed by atoms with Crippen molar-refractivity contribution >= 4 is 11.0 Å². The molecular weight excluding hydrogens is 310 g/mol. The van der Waals surface area contributed by atoms with Crippen LogP contribution in [-0.2, 0) is 14.1 Å². The summed E-state index contributed by atoms with van der Waals surface area (Å²) >= 11 is 0. The highest BCUT2D eigenvalue weighted by Crippen LogP contribution is 2.22. The van der Waals surface area contributed by atoms with Gasteiger partial charge in [0.2, 0.25) is 0 Å². The quantitative estimate of drug-likeness (QED) is 0.697. The second-order valence-electron chi connectivity index (χ2n) is 4.95. The van der Waals surface area contributed by atoms with Crippen LogP contribution in [0.4, 0.5) is 8.78 Å². The summed E-state index contributed by atoms with van der Waals surface area (Å²) in [5.74, 6) is -2.19. The first-order chi connectivity index (χ1) is 10.8. The lowest BCUT2D eigenvalue weighted by Gasteiger charge is -2.10. The van der Waals surface area contributed by atoms with E-state index < -0.39 is 28.6 Å². The van der Waals surface area contributed by atoms with Gasteiger partial charge in [-0.15, -0.1) is 0 Å². The molecule has 0 aliphatic heterocycles. The molecule has 0 atom stereocenters. The summed E-state index contributed by atoms with van der Waals surface area (Å²) in [4.78, 5) is 42.0. The summed E-state index contributed by atoms with van der Waals surface area (Å²) in [6.45, 7) is 0. The van der Waals surface area contributed by atoms with E-state index in [0.29, 0.717) is 0 Å². The highest BCUT2D eigenvalue weighted by atomic mass is 19.2. The average molecular weight is 320 g/mol. The Morgan fingerprint density at radius 3 is 2.39 bits per heavy atom. The van der Waals surface area contributed by atoms with Gasteiger partial charge in [0.25, 0.3) is 5.56 Å². The molecule has 7 nitrogen and oxygen atoms in total. The zero-order valence-corrected chi connectivity index (χ0v) is 12.1. The lowest BCUT2D eigenvalue weighted by molar-refractivity contribution is 0.509. The standard InChI is InChI=1S/C14H10F2N4O3/c1-19-11-9(12(21)20(2)14(19)23)10(17-13(22)18-11)6-3-4-7(15)8(16)5-6/h3-5H,1-2H3,(H,17,18,22). The largest absolute Gasteiger partial charge is 0.347 e. The van der Waals surface area contributed by atoms with Crippen LogP contribution >= 0.6 is 0 Å². The van der Waals surface area contributed by atoms with Gasteiger partial charge in [0.15, 0.2) is 17.3 Å². The maximum Gasteiger partial charge on any atom is 0.347 e. The molecular formula is C14H10F2N4O3.